The van der Waals surface area contributed by atoms with Crippen LogP contribution in [0.3, 0.4) is 0 Å². The van der Waals surface area contributed by atoms with Crippen LogP contribution in [0.15, 0.2) is 79.1 Å². The molecule has 1 aliphatic heterocycles. The van der Waals surface area contributed by atoms with Gasteiger partial charge in [-0.1, -0.05) is 61.4 Å². The average molecular weight is 412 g/mol. The number of pyridine rings is 1. The van der Waals surface area contributed by atoms with Crippen molar-refractivity contribution in [2.45, 2.75) is 43.7 Å². The summed E-state index contributed by atoms with van der Waals surface area (Å²) in [6.07, 6.45) is 7.02. The number of carbonyl (C=O) groups is 2. The average Bonchev–Trinajstić information content (AvgIpc) is 3.28. The number of nitrogens with zero attached hydrogens (tertiary/aromatic N) is 2. The number of hydrogen-bond donors (Lipinski definition) is 1. The summed E-state index contributed by atoms with van der Waals surface area (Å²) in [5, 5.41) is 3.09. The van der Waals surface area contributed by atoms with Gasteiger partial charge in [0.2, 0.25) is 5.91 Å². The maximum absolute atomic E-state index is 13.7. The molecular weight excluding hydrogens is 386 g/mol. The molecule has 1 aromatic heterocycles. The molecule has 5 heteroatoms. The first-order chi connectivity index (χ1) is 15.2. The molecule has 2 aromatic carbocycles. The molecule has 156 valence electrons. The molecule has 0 radical (unpaired) electrons. The van der Waals surface area contributed by atoms with E-state index in [-0.39, 0.29) is 11.8 Å². The van der Waals surface area contributed by atoms with Gasteiger partial charge in [0.1, 0.15) is 0 Å². The van der Waals surface area contributed by atoms with E-state index in [4.69, 9.17) is 0 Å². The van der Waals surface area contributed by atoms with E-state index in [0.717, 1.165) is 42.5 Å². The van der Waals surface area contributed by atoms with Gasteiger partial charge in [0.25, 0.3) is 5.91 Å². The van der Waals surface area contributed by atoms with Gasteiger partial charge in [-0.05, 0) is 42.2 Å². The van der Waals surface area contributed by atoms with Crippen molar-refractivity contribution in [3.8, 4) is 0 Å². The predicted molar refractivity (Wildman–Crippen MR) is 120 cm³/mol. The highest BCUT2D eigenvalue weighted by Gasteiger charge is 2.55. The number of rotatable bonds is 4. The molecule has 2 heterocycles. The van der Waals surface area contributed by atoms with Crippen LogP contribution in [-0.4, -0.2) is 27.2 Å². The van der Waals surface area contributed by atoms with Crippen molar-refractivity contribution < 1.29 is 9.59 Å². The van der Waals surface area contributed by atoms with Gasteiger partial charge in [-0.3, -0.25) is 14.6 Å². The Kier molecular flexibility index (Phi) is 5.02. The molecule has 2 amide bonds. The number of nitrogens with one attached hydrogen (secondary N) is 1. The second-order valence-corrected chi connectivity index (χ2v) is 8.43. The summed E-state index contributed by atoms with van der Waals surface area (Å²) in [4.78, 5) is 33.4. The summed E-state index contributed by atoms with van der Waals surface area (Å²) >= 11 is 0. The van der Waals surface area contributed by atoms with E-state index in [0.29, 0.717) is 12.1 Å². The lowest BCUT2D eigenvalue weighted by atomic mass is 9.71. The Morgan fingerprint density at radius 3 is 2.39 bits per heavy atom. The van der Waals surface area contributed by atoms with Gasteiger partial charge in [0.05, 0.1) is 11.5 Å². The van der Waals surface area contributed by atoms with Crippen LogP contribution in [0.4, 0.5) is 5.69 Å². The van der Waals surface area contributed by atoms with Crippen LogP contribution < -0.4 is 5.32 Å². The summed E-state index contributed by atoms with van der Waals surface area (Å²) < 4.78 is 0. The third kappa shape index (κ3) is 3.40. The molecule has 0 unspecified atom stereocenters. The molecule has 31 heavy (non-hydrogen) atoms. The second kappa shape index (κ2) is 7.99. The van der Waals surface area contributed by atoms with Crippen LogP contribution in [0.5, 0.6) is 0 Å². The Morgan fingerprint density at radius 1 is 0.968 bits per heavy atom. The standard InChI is InChI=1S/C26H25N3O2/c30-24(28-20-12-16-27-17-13-20)23-21-10-4-5-11-22(21)25(31)29(26(23)14-6-7-15-26)18-19-8-2-1-3-9-19/h1-5,8-13,16-17,23H,6-7,14-15,18H2,(H,27,28,30)/t23-/m1/s1. The summed E-state index contributed by atoms with van der Waals surface area (Å²) in [5.41, 5.74) is 2.75. The Balaban J connectivity index is 1.61. The van der Waals surface area contributed by atoms with E-state index in [2.05, 4.69) is 10.3 Å². The molecule has 1 N–H and O–H groups in total. The van der Waals surface area contributed by atoms with Gasteiger partial charge in [-0.25, -0.2) is 0 Å². The first-order valence-electron chi connectivity index (χ1n) is 10.8. The van der Waals surface area contributed by atoms with Crippen LogP contribution in [0.25, 0.3) is 0 Å². The topological polar surface area (TPSA) is 62.3 Å². The van der Waals surface area contributed by atoms with Crippen molar-refractivity contribution in [3.63, 3.8) is 0 Å². The highest BCUT2D eigenvalue weighted by molar-refractivity contribution is 6.05. The summed E-state index contributed by atoms with van der Waals surface area (Å²) in [6, 6.07) is 21.2. The van der Waals surface area contributed by atoms with Gasteiger partial charge in [-0.2, -0.15) is 0 Å². The molecule has 5 rings (SSSR count). The maximum atomic E-state index is 13.7. The minimum absolute atomic E-state index is 0.0225. The van der Waals surface area contributed by atoms with E-state index in [1.54, 1.807) is 24.5 Å². The van der Waals surface area contributed by atoms with Crippen LogP contribution in [-0.2, 0) is 11.3 Å². The molecule has 1 atom stereocenters. The van der Waals surface area contributed by atoms with Crippen LogP contribution in [0, 0.1) is 0 Å². The van der Waals surface area contributed by atoms with Crippen molar-refractivity contribution in [3.05, 3.63) is 95.8 Å². The number of benzene rings is 2. The molecule has 5 nitrogen and oxygen atoms in total. The lowest BCUT2D eigenvalue weighted by molar-refractivity contribution is -0.121. The lowest BCUT2D eigenvalue weighted by Crippen LogP contribution is -2.59. The van der Waals surface area contributed by atoms with E-state index < -0.39 is 11.5 Å². The van der Waals surface area contributed by atoms with Gasteiger partial charge >= 0.3 is 0 Å². The van der Waals surface area contributed by atoms with Gasteiger partial charge in [0, 0.05) is 30.2 Å². The van der Waals surface area contributed by atoms with Crippen LogP contribution >= 0.6 is 0 Å². The number of aromatic nitrogens is 1. The van der Waals surface area contributed by atoms with Gasteiger partial charge < -0.3 is 10.2 Å². The highest BCUT2D eigenvalue weighted by Crippen LogP contribution is 2.51. The smallest absolute Gasteiger partial charge is 0.254 e. The number of carbonyl (C=O) groups excluding carboxylic acids is 2. The van der Waals surface area contributed by atoms with Crippen molar-refractivity contribution in [2.75, 3.05) is 5.32 Å². The summed E-state index contributed by atoms with van der Waals surface area (Å²) in [5.74, 6) is -0.457. The molecule has 1 aliphatic carbocycles. The fourth-order valence-corrected chi connectivity index (χ4v) is 5.31. The Hall–Kier alpha value is -3.47. The van der Waals surface area contributed by atoms with E-state index in [1.807, 2.05) is 59.5 Å². The maximum Gasteiger partial charge on any atom is 0.254 e. The summed E-state index contributed by atoms with van der Waals surface area (Å²) in [7, 11) is 0. The third-order valence-electron chi connectivity index (χ3n) is 6.69. The van der Waals surface area contributed by atoms with Crippen molar-refractivity contribution in [1.82, 2.24) is 9.88 Å². The minimum atomic E-state index is -0.515. The number of amides is 2. The van der Waals surface area contributed by atoms with Crippen molar-refractivity contribution in [2.24, 2.45) is 0 Å². The minimum Gasteiger partial charge on any atom is -0.327 e. The molecule has 0 saturated heterocycles. The molecule has 3 aromatic rings. The second-order valence-electron chi connectivity index (χ2n) is 8.43. The normalized spacial score (nSPS) is 19.3. The number of fused-ring (bicyclic) bond motifs is 1. The summed E-state index contributed by atoms with van der Waals surface area (Å²) in [6.45, 7) is 0.507. The Morgan fingerprint density at radius 2 is 1.65 bits per heavy atom. The molecule has 0 bridgehead atoms. The third-order valence-corrected chi connectivity index (χ3v) is 6.69. The predicted octanol–water partition coefficient (Wildman–Crippen LogP) is 4.77. The SMILES string of the molecule is O=C(Nc1ccncc1)[C@H]1c2ccccc2C(=O)N(Cc2ccccc2)C12CCCC2. The van der Waals surface area contributed by atoms with Crippen molar-refractivity contribution >= 4 is 17.5 Å². The van der Waals surface area contributed by atoms with Crippen molar-refractivity contribution in [1.29, 1.82) is 0 Å². The fourth-order valence-electron chi connectivity index (χ4n) is 5.31. The van der Waals surface area contributed by atoms with E-state index in [1.165, 1.54) is 0 Å². The van der Waals surface area contributed by atoms with Crippen LogP contribution in [0.1, 0.15) is 53.1 Å². The van der Waals surface area contributed by atoms with Gasteiger partial charge in [0.15, 0.2) is 0 Å². The largest absolute Gasteiger partial charge is 0.327 e. The quantitative estimate of drug-likeness (QED) is 0.672. The first-order valence-corrected chi connectivity index (χ1v) is 10.8. The van der Waals surface area contributed by atoms with Crippen LogP contribution in [0.2, 0.25) is 0 Å². The molecule has 1 spiro atoms. The Labute approximate surface area is 182 Å². The monoisotopic (exact) mass is 411 g/mol. The molecular formula is C26H25N3O2. The number of anilines is 1. The van der Waals surface area contributed by atoms with Gasteiger partial charge in [-0.15, -0.1) is 0 Å². The zero-order valence-corrected chi connectivity index (χ0v) is 17.3. The molecule has 2 aliphatic rings. The fraction of sp³-hybridized carbons (Fsp3) is 0.269. The number of hydrogen-bond acceptors (Lipinski definition) is 3. The Bertz CT molecular complexity index is 1090. The zero-order valence-electron chi connectivity index (χ0n) is 17.3. The molecule has 1 fully saturated rings. The molecule has 1 saturated carbocycles. The first kappa shape index (κ1) is 19.5. The highest BCUT2D eigenvalue weighted by atomic mass is 16.2. The lowest BCUT2D eigenvalue weighted by Gasteiger charge is -2.50. The van der Waals surface area contributed by atoms with E-state index >= 15 is 0 Å². The zero-order chi connectivity index (χ0) is 21.3. The van der Waals surface area contributed by atoms with E-state index in [9.17, 15) is 9.59 Å².